The minimum absolute atomic E-state index is 0.118. The average molecular weight is 860 g/mol. The summed E-state index contributed by atoms with van der Waals surface area (Å²) in [5, 5.41) is 5.23. The van der Waals surface area contributed by atoms with E-state index in [1.54, 1.807) is 5.57 Å². The fourth-order valence-corrected chi connectivity index (χ4v) is 14.0. The van der Waals surface area contributed by atoms with E-state index >= 15 is 0 Å². The fraction of sp³-hybridized carbons (Fsp3) is 0.182. The van der Waals surface area contributed by atoms with Gasteiger partial charge in [0, 0.05) is 34.8 Å². The third-order valence-electron chi connectivity index (χ3n) is 16.5. The van der Waals surface area contributed by atoms with Crippen LogP contribution in [0.5, 0.6) is 0 Å². The van der Waals surface area contributed by atoms with Gasteiger partial charge in [-0.05, 0) is 122 Å². The molecule has 7 aromatic rings. The van der Waals surface area contributed by atoms with Crippen LogP contribution in [0, 0.1) is 23.7 Å². The molecule has 7 aromatic carbocycles. The zero-order valence-electron chi connectivity index (χ0n) is 38.7. The van der Waals surface area contributed by atoms with Crippen LogP contribution in [0.15, 0.2) is 234 Å². The lowest BCUT2D eigenvalue weighted by Gasteiger charge is -2.61. The molecule has 0 aromatic heterocycles. The largest absolute Gasteiger partial charge is 0.331 e. The molecule has 0 bridgehead atoms. The van der Waals surface area contributed by atoms with Crippen molar-refractivity contribution in [1.29, 1.82) is 0 Å². The van der Waals surface area contributed by atoms with Gasteiger partial charge in [-0.15, -0.1) is 0 Å². The summed E-state index contributed by atoms with van der Waals surface area (Å²) in [6.45, 7) is 10.1. The van der Waals surface area contributed by atoms with Crippen LogP contribution in [-0.4, -0.2) is 5.54 Å². The van der Waals surface area contributed by atoms with Crippen molar-refractivity contribution in [2.75, 3.05) is 4.90 Å². The highest BCUT2D eigenvalue weighted by atomic mass is 15.2. The number of allylic oxidation sites excluding steroid dienone is 12. The molecule has 322 valence electrons. The summed E-state index contributed by atoms with van der Waals surface area (Å²) in [5.74, 6) is 7.32. The van der Waals surface area contributed by atoms with Gasteiger partial charge in [0.05, 0.1) is 16.6 Å². The van der Waals surface area contributed by atoms with Crippen molar-refractivity contribution in [1.82, 2.24) is 0 Å². The van der Waals surface area contributed by atoms with Crippen LogP contribution in [0.4, 0.5) is 5.69 Å². The van der Waals surface area contributed by atoms with E-state index in [1.165, 1.54) is 94.2 Å². The molecule has 5 unspecified atom stereocenters. The second-order valence-electron chi connectivity index (χ2n) is 20.0. The summed E-state index contributed by atoms with van der Waals surface area (Å²) in [7, 11) is 0. The molecule has 1 heteroatoms. The van der Waals surface area contributed by atoms with Gasteiger partial charge < -0.3 is 4.90 Å². The summed E-state index contributed by atoms with van der Waals surface area (Å²) in [5.41, 5.74) is 17.5. The minimum Gasteiger partial charge on any atom is -0.331 e. The van der Waals surface area contributed by atoms with Crippen molar-refractivity contribution < 1.29 is 0 Å². The lowest BCUT2D eigenvalue weighted by molar-refractivity contribution is 0.427. The highest BCUT2D eigenvalue weighted by Crippen LogP contribution is 2.67. The molecule has 0 spiro atoms. The molecule has 67 heavy (non-hydrogen) atoms. The second-order valence-corrected chi connectivity index (χ2v) is 20.0. The summed E-state index contributed by atoms with van der Waals surface area (Å²) >= 11 is 0. The summed E-state index contributed by atoms with van der Waals surface area (Å²) in [4.78, 5) is 2.87. The molecule has 1 nitrogen and oxygen atoms in total. The normalized spacial score (nSPS) is 25.1. The van der Waals surface area contributed by atoms with E-state index in [-0.39, 0.29) is 17.8 Å². The molecule has 0 saturated heterocycles. The Bertz CT molecular complexity index is 3490. The van der Waals surface area contributed by atoms with Crippen molar-refractivity contribution in [3.8, 4) is 23.0 Å². The monoisotopic (exact) mass is 859 g/mol. The molecule has 6 aliphatic rings. The van der Waals surface area contributed by atoms with E-state index in [1.807, 2.05) is 0 Å². The van der Waals surface area contributed by atoms with Crippen LogP contribution in [0.2, 0.25) is 0 Å². The zero-order valence-corrected chi connectivity index (χ0v) is 38.7. The maximum Gasteiger partial charge on any atom is 0.0833 e. The number of benzene rings is 7. The first-order valence-electron chi connectivity index (χ1n) is 24.3. The van der Waals surface area contributed by atoms with Crippen LogP contribution < -0.4 is 4.90 Å². The zero-order chi connectivity index (χ0) is 45.1. The summed E-state index contributed by atoms with van der Waals surface area (Å²) in [6.07, 6.45) is 21.5. The predicted molar refractivity (Wildman–Crippen MR) is 281 cm³/mol. The highest BCUT2D eigenvalue weighted by Gasteiger charge is 2.60. The molecule has 0 N–H and O–H groups in total. The van der Waals surface area contributed by atoms with Crippen molar-refractivity contribution >= 4 is 32.8 Å². The van der Waals surface area contributed by atoms with Gasteiger partial charge in [0.1, 0.15) is 0 Å². The second kappa shape index (κ2) is 14.8. The first kappa shape index (κ1) is 39.9. The number of hydrogen-bond donors (Lipinski definition) is 0. The van der Waals surface area contributed by atoms with Crippen LogP contribution >= 0.6 is 0 Å². The van der Waals surface area contributed by atoms with Gasteiger partial charge in [0.15, 0.2) is 0 Å². The number of fused-ring (bicyclic) bond motifs is 10. The molecule has 0 fully saturated rings. The Kier molecular flexibility index (Phi) is 8.82. The molecule has 5 atom stereocenters. The Morgan fingerprint density at radius 1 is 0.657 bits per heavy atom. The quantitative estimate of drug-likeness (QED) is 0.0947. The van der Waals surface area contributed by atoms with Crippen molar-refractivity contribution in [2.24, 2.45) is 11.8 Å². The minimum atomic E-state index is -0.597. The number of hydrogen-bond acceptors (Lipinski definition) is 1. The summed E-state index contributed by atoms with van der Waals surface area (Å²) in [6, 6.07) is 59.2. The van der Waals surface area contributed by atoms with Crippen LogP contribution in [-0.2, 0) is 10.8 Å². The number of anilines is 1. The van der Waals surface area contributed by atoms with Gasteiger partial charge >= 0.3 is 0 Å². The Balaban J connectivity index is 1.19. The lowest BCUT2D eigenvalue weighted by Crippen LogP contribution is -2.59. The molecular formula is C66H53N. The van der Waals surface area contributed by atoms with Crippen molar-refractivity contribution in [3.05, 3.63) is 262 Å². The first-order chi connectivity index (χ1) is 32.8. The van der Waals surface area contributed by atoms with Crippen LogP contribution in [0.3, 0.4) is 0 Å². The topological polar surface area (TPSA) is 3.24 Å². The fourth-order valence-electron chi connectivity index (χ4n) is 14.0. The smallest absolute Gasteiger partial charge is 0.0833 e. The molecule has 13 rings (SSSR count). The van der Waals surface area contributed by atoms with E-state index in [9.17, 15) is 0 Å². The van der Waals surface area contributed by atoms with Gasteiger partial charge in [-0.25, -0.2) is 0 Å². The Morgan fingerprint density at radius 3 is 1.99 bits per heavy atom. The van der Waals surface area contributed by atoms with E-state index < -0.39 is 16.4 Å². The van der Waals surface area contributed by atoms with E-state index in [4.69, 9.17) is 0 Å². The predicted octanol–water partition coefficient (Wildman–Crippen LogP) is 15.9. The van der Waals surface area contributed by atoms with Gasteiger partial charge in [-0.1, -0.05) is 219 Å². The highest BCUT2D eigenvalue weighted by molar-refractivity contribution is 6.17. The van der Waals surface area contributed by atoms with Gasteiger partial charge in [-0.3, -0.25) is 0 Å². The SMILES string of the molecule is CC1C=CC2(C)C3=C1C(C)C(C1(C4=CCC#CC=C4)c4ccccc4-c4ccccc41)=CC3(C)N(C1=CC(c3ccccc3)=CC(c3ccccc3)C1)c1c2c2ccccc2c2ccccc12. The van der Waals surface area contributed by atoms with E-state index in [0.29, 0.717) is 6.42 Å². The van der Waals surface area contributed by atoms with Crippen LogP contribution in [0.1, 0.15) is 74.3 Å². The third-order valence-corrected chi connectivity index (χ3v) is 16.5. The molecular weight excluding hydrogens is 807 g/mol. The number of nitrogens with zero attached hydrogens (tertiary/aromatic N) is 1. The van der Waals surface area contributed by atoms with E-state index in [2.05, 4.69) is 251 Å². The molecule has 5 aliphatic carbocycles. The average Bonchev–Trinajstić information content (AvgIpc) is 3.46. The van der Waals surface area contributed by atoms with Crippen molar-refractivity contribution in [3.63, 3.8) is 0 Å². The Hall–Kier alpha value is -7.40. The Morgan fingerprint density at radius 2 is 1.27 bits per heavy atom. The maximum absolute atomic E-state index is 3.44. The maximum atomic E-state index is 3.44. The molecule has 1 aliphatic heterocycles. The third kappa shape index (κ3) is 5.51. The van der Waals surface area contributed by atoms with E-state index in [0.717, 1.165) is 6.42 Å². The first-order valence-corrected chi connectivity index (χ1v) is 24.3. The molecule has 1 heterocycles. The summed E-state index contributed by atoms with van der Waals surface area (Å²) < 4.78 is 0. The molecule has 0 radical (unpaired) electrons. The number of rotatable bonds is 5. The van der Waals surface area contributed by atoms with Gasteiger partial charge in [-0.2, -0.15) is 0 Å². The van der Waals surface area contributed by atoms with Crippen LogP contribution in [0.25, 0.3) is 38.2 Å². The molecule has 0 saturated carbocycles. The standard InChI is InChI=1S/C66H53N/c1-43-37-38-64(3)61-55-33-17-15-29-51(55)52-30-16-18-34-56(52)62(61)67(50-40-47(45-23-9-7-10-24-45)39-48(41-50)46-25-11-8-12-26-46)65(4)42-59(44(2)60(43)63(64)65)66(49-27-13-5-6-14-28-49)57-35-21-19-31-53(57)54-32-20-22-36-58(54)66/h7-13,15-40,42-44,48H,14,41H2,1-4H3. The Labute approximate surface area is 395 Å². The molecule has 0 amide bonds. The van der Waals surface area contributed by atoms with Gasteiger partial charge in [0.25, 0.3) is 0 Å². The van der Waals surface area contributed by atoms with Crippen molar-refractivity contribution in [2.45, 2.75) is 62.8 Å². The van der Waals surface area contributed by atoms with Gasteiger partial charge in [0.2, 0.25) is 0 Å². The lowest BCUT2D eigenvalue weighted by atomic mass is 9.50.